The highest BCUT2D eigenvalue weighted by Crippen LogP contribution is 2.16. The van der Waals surface area contributed by atoms with Crippen LogP contribution in [-0.2, 0) is 0 Å². The maximum absolute atomic E-state index is 2.73. The molecule has 0 radical (unpaired) electrons. The first-order valence-electron chi connectivity index (χ1n) is 8.40. The van der Waals surface area contributed by atoms with Crippen molar-refractivity contribution in [3.05, 3.63) is 0 Å². The lowest BCUT2D eigenvalue weighted by Crippen LogP contribution is -2.52. The molecule has 0 aromatic carbocycles. The molecule has 0 N–H and O–H groups in total. The molecular formula is C16H33N3. The number of rotatable bonds is 4. The van der Waals surface area contributed by atoms with Crippen molar-refractivity contribution in [3.63, 3.8) is 0 Å². The molecule has 3 nitrogen and oxygen atoms in total. The molecule has 2 heterocycles. The van der Waals surface area contributed by atoms with Crippen LogP contribution in [0.1, 0.15) is 51.4 Å². The first-order chi connectivity index (χ1) is 9.27. The Bertz CT molecular complexity index is 226. The van der Waals surface area contributed by atoms with Crippen molar-refractivity contribution in [2.24, 2.45) is 0 Å². The van der Waals surface area contributed by atoms with Crippen molar-refractivity contribution in [1.82, 2.24) is 14.7 Å². The predicted molar refractivity (Wildman–Crippen MR) is 82.4 cm³/mol. The van der Waals surface area contributed by atoms with Crippen LogP contribution in [0.5, 0.6) is 0 Å². The van der Waals surface area contributed by atoms with Gasteiger partial charge in [0.15, 0.2) is 0 Å². The average Bonchev–Trinajstić information content (AvgIpc) is 2.80. The van der Waals surface area contributed by atoms with Gasteiger partial charge in [0.25, 0.3) is 0 Å². The van der Waals surface area contributed by atoms with Crippen LogP contribution in [0.15, 0.2) is 0 Å². The van der Waals surface area contributed by atoms with E-state index in [4.69, 9.17) is 0 Å². The summed E-state index contributed by atoms with van der Waals surface area (Å²) in [5.74, 6) is 0. The Kier molecular flexibility index (Phi) is 6.62. The fraction of sp³-hybridized carbons (Fsp3) is 1.00. The first-order valence-corrected chi connectivity index (χ1v) is 8.40. The topological polar surface area (TPSA) is 9.72 Å². The highest BCUT2D eigenvalue weighted by molar-refractivity contribution is 4.77. The van der Waals surface area contributed by atoms with Gasteiger partial charge in [-0.15, -0.1) is 0 Å². The average molecular weight is 267 g/mol. The summed E-state index contributed by atoms with van der Waals surface area (Å²) in [4.78, 5) is 7.89. The molecule has 2 saturated heterocycles. The van der Waals surface area contributed by atoms with Gasteiger partial charge in [0.05, 0.1) is 6.17 Å². The number of nitrogens with zero attached hydrogens (tertiary/aromatic N) is 3. The molecule has 0 amide bonds. The largest absolute Gasteiger partial charge is 0.300 e. The maximum Gasteiger partial charge on any atom is 0.0748 e. The van der Waals surface area contributed by atoms with Crippen LogP contribution in [0.25, 0.3) is 0 Å². The molecule has 0 saturated carbocycles. The zero-order valence-electron chi connectivity index (χ0n) is 13.1. The fourth-order valence-electron chi connectivity index (χ4n) is 3.55. The van der Waals surface area contributed by atoms with Crippen LogP contribution < -0.4 is 0 Å². The standard InChI is InChI=1S/C16H33N3/c1-17(2)16(19-13-9-5-6-10-14-19)15-18-11-7-3-4-8-12-18/h16H,3-15H2,1-2H3. The Morgan fingerprint density at radius 2 is 1.21 bits per heavy atom. The van der Waals surface area contributed by atoms with Crippen molar-refractivity contribution >= 4 is 0 Å². The third kappa shape index (κ3) is 5.05. The summed E-state index contributed by atoms with van der Waals surface area (Å²) in [6.45, 7) is 6.48. The lowest BCUT2D eigenvalue weighted by molar-refractivity contribution is 0.0478. The second kappa shape index (κ2) is 8.23. The van der Waals surface area contributed by atoms with Crippen LogP contribution in [0.4, 0.5) is 0 Å². The van der Waals surface area contributed by atoms with E-state index >= 15 is 0 Å². The lowest BCUT2D eigenvalue weighted by Gasteiger charge is -2.38. The van der Waals surface area contributed by atoms with E-state index in [9.17, 15) is 0 Å². The molecule has 3 heteroatoms. The summed E-state index contributed by atoms with van der Waals surface area (Å²) in [5.41, 5.74) is 0. The highest BCUT2D eigenvalue weighted by Gasteiger charge is 2.24. The van der Waals surface area contributed by atoms with Gasteiger partial charge in [-0.3, -0.25) is 9.80 Å². The number of hydrogen-bond donors (Lipinski definition) is 0. The van der Waals surface area contributed by atoms with Crippen molar-refractivity contribution < 1.29 is 0 Å². The van der Waals surface area contributed by atoms with Crippen LogP contribution in [-0.4, -0.2) is 67.7 Å². The molecule has 0 aromatic rings. The van der Waals surface area contributed by atoms with Gasteiger partial charge in [-0.05, 0) is 66.0 Å². The molecule has 1 atom stereocenters. The van der Waals surface area contributed by atoms with Crippen molar-refractivity contribution in [3.8, 4) is 0 Å². The Morgan fingerprint density at radius 3 is 1.68 bits per heavy atom. The van der Waals surface area contributed by atoms with E-state index in [0.717, 1.165) is 0 Å². The highest BCUT2D eigenvalue weighted by atomic mass is 15.4. The SMILES string of the molecule is CN(C)C(CN1CCCCCC1)N1CCCCCC1. The first kappa shape index (κ1) is 15.3. The fourth-order valence-corrected chi connectivity index (χ4v) is 3.55. The summed E-state index contributed by atoms with van der Waals surface area (Å²) in [5, 5.41) is 0. The van der Waals surface area contributed by atoms with Crippen molar-refractivity contribution in [1.29, 1.82) is 0 Å². The van der Waals surface area contributed by atoms with Gasteiger partial charge in [0, 0.05) is 6.54 Å². The summed E-state index contributed by atoms with van der Waals surface area (Å²) in [6, 6.07) is 0. The molecule has 0 bridgehead atoms. The summed E-state index contributed by atoms with van der Waals surface area (Å²) in [6.07, 6.45) is 12.0. The molecular weight excluding hydrogens is 234 g/mol. The molecule has 2 rings (SSSR count). The summed E-state index contributed by atoms with van der Waals surface area (Å²) >= 11 is 0. The van der Waals surface area contributed by atoms with Gasteiger partial charge in [0.1, 0.15) is 0 Å². The number of likely N-dealkylation sites (N-methyl/N-ethyl adjacent to an activating group) is 1. The van der Waals surface area contributed by atoms with Crippen LogP contribution >= 0.6 is 0 Å². The van der Waals surface area contributed by atoms with E-state index in [2.05, 4.69) is 28.8 Å². The molecule has 19 heavy (non-hydrogen) atoms. The van der Waals surface area contributed by atoms with E-state index in [1.165, 1.54) is 84.1 Å². The zero-order valence-corrected chi connectivity index (χ0v) is 13.1. The van der Waals surface area contributed by atoms with E-state index in [1.807, 2.05) is 0 Å². The van der Waals surface area contributed by atoms with Crippen molar-refractivity contribution in [2.75, 3.05) is 46.8 Å². The number of hydrogen-bond acceptors (Lipinski definition) is 3. The number of likely N-dealkylation sites (tertiary alicyclic amines) is 2. The Morgan fingerprint density at radius 1 is 0.737 bits per heavy atom. The summed E-state index contributed by atoms with van der Waals surface area (Å²) < 4.78 is 0. The lowest BCUT2D eigenvalue weighted by atomic mass is 10.2. The predicted octanol–water partition coefficient (Wildman–Crippen LogP) is 2.63. The second-order valence-corrected chi connectivity index (χ2v) is 6.61. The van der Waals surface area contributed by atoms with Crippen LogP contribution in [0.2, 0.25) is 0 Å². The molecule has 0 aromatic heterocycles. The molecule has 0 aliphatic carbocycles. The Hall–Kier alpha value is -0.120. The minimum Gasteiger partial charge on any atom is -0.300 e. The van der Waals surface area contributed by atoms with Gasteiger partial charge in [-0.25, -0.2) is 0 Å². The molecule has 1 unspecified atom stereocenters. The van der Waals surface area contributed by atoms with Gasteiger partial charge >= 0.3 is 0 Å². The van der Waals surface area contributed by atoms with E-state index in [0.29, 0.717) is 6.17 Å². The van der Waals surface area contributed by atoms with Gasteiger partial charge in [0.2, 0.25) is 0 Å². The van der Waals surface area contributed by atoms with Gasteiger partial charge in [-0.2, -0.15) is 0 Å². The van der Waals surface area contributed by atoms with Crippen LogP contribution in [0.3, 0.4) is 0 Å². The molecule has 2 fully saturated rings. The smallest absolute Gasteiger partial charge is 0.0748 e. The maximum atomic E-state index is 2.73. The summed E-state index contributed by atoms with van der Waals surface area (Å²) in [7, 11) is 4.51. The minimum absolute atomic E-state index is 0.621. The van der Waals surface area contributed by atoms with E-state index in [1.54, 1.807) is 0 Å². The molecule has 2 aliphatic rings. The van der Waals surface area contributed by atoms with Crippen LogP contribution in [0, 0.1) is 0 Å². The third-order valence-electron chi connectivity index (χ3n) is 4.78. The Labute approximate surface area is 119 Å². The monoisotopic (exact) mass is 267 g/mol. The third-order valence-corrected chi connectivity index (χ3v) is 4.78. The normalized spacial score (nSPS) is 26.1. The van der Waals surface area contributed by atoms with Crippen molar-refractivity contribution in [2.45, 2.75) is 57.5 Å². The Balaban J connectivity index is 1.90. The van der Waals surface area contributed by atoms with E-state index in [-0.39, 0.29) is 0 Å². The van der Waals surface area contributed by atoms with Gasteiger partial charge in [-0.1, -0.05) is 25.7 Å². The van der Waals surface area contributed by atoms with E-state index < -0.39 is 0 Å². The zero-order chi connectivity index (χ0) is 13.5. The molecule has 2 aliphatic heterocycles. The minimum atomic E-state index is 0.621. The second-order valence-electron chi connectivity index (χ2n) is 6.61. The molecule has 0 spiro atoms. The molecule has 112 valence electrons. The quantitative estimate of drug-likeness (QED) is 0.775. The van der Waals surface area contributed by atoms with Gasteiger partial charge < -0.3 is 4.90 Å².